The van der Waals surface area contributed by atoms with Crippen LogP contribution in [0.25, 0.3) is 16.2 Å². The number of hydrogen-bond acceptors (Lipinski definition) is 5. The molecule has 1 aromatic carbocycles. The molecule has 0 fully saturated rings. The van der Waals surface area contributed by atoms with Crippen LogP contribution in [0.1, 0.15) is 12.5 Å². The Hall–Kier alpha value is -2.08. The number of rotatable bonds is 3. The molecule has 3 aromatic rings. The minimum atomic E-state index is 0.517. The van der Waals surface area contributed by atoms with Crippen molar-refractivity contribution >= 4 is 21.4 Å². The largest absolute Gasteiger partial charge is 0.496 e. The average molecular weight is 274 g/mol. The number of aryl methyl sites for hydroxylation is 1. The van der Waals surface area contributed by atoms with Gasteiger partial charge in [-0.2, -0.15) is 0 Å². The maximum Gasteiger partial charge on any atom is 0.214 e. The van der Waals surface area contributed by atoms with E-state index in [1.165, 1.54) is 16.9 Å². The Morgan fingerprint density at radius 2 is 2.26 bits per heavy atom. The molecule has 2 N–H and O–H groups in total. The zero-order valence-corrected chi connectivity index (χ0v) is 11.6. The monoisotopic (exact) mass is 274 g/mol. The number of methoxy groups -OCH3 is 1. The van der Waals surface area contributed by atoms with E-state index >= 15 is 0 Å². The number of nitrogens with zero attached hydrogens (tertiary/aromatic N) is 3. The van der Waals surface area contributed by atoms with E-state index in [0.29, 0.717) is 5.13 Å². The lowest BCUT2D eigenvalue weighted by Crippen LogP contribution is -1.91. The topological polar surface area (TPSA) is 65.4 Å². The Bertz CT molecular complexity index is 700. The first-order valence-electron chi connectivity index (χ1n) is 6.00. The van der Waals surface area contributed by atoms with E-state index in [1.54, 1.807) is 11.6 Å². The Kier molecular flexibility index (Phi) is 2.87. The van der Waals surface area contributed by atoms with Gasteiger partial charge in [0, 0.05) is 5.56 Å². The first kappa shape index (κ1) is 12.0. The Labute approximate surface area is 114 Å². The van der Waals surface area contributed by atoms with Crippen LogP contribution in [-0.4, -0.2) is 21.7 Å². The smallest absolute Gasteiger partial charge is 0.214 e. The van der Waals surface area contributed by atoms with E-state index in [2.05, 4.69) is 29.1 Å². The van der Waals surface area contributed by atoms with E-state index in [9.17, 15) is 0 Å². The van der Waals surface area contributed by atoms with Crippen LogP contribution in [0, 0.1) is 0 Å². The van der Waals surface area contributed by atoms with E-state index in [0.717, 1.165) is 28.4 Å². The van der Waals surface area contributed by atoms with Crippen molar-refractivity contribution in [3.05, 3.63) is 30.0 Å². The van der Waals surface area contributed by atoms with Crippen molar-refractivity contribution in [2.75, 3.05) is 12.8 Å². The molecule has 5 nitrogen and oxygen atoms in total. The molecule has 2 heterocycles. The lowest BCUT2D eigenvalue weighted by molar-refractivity contribution is 0.416. The SMILES string of the molecule is CCc1ccc(OC)c(-c2cn3nc(N)sc3n2)c1. The fourth-order valence-corrected chi connectivity index (χ4v) is 2.67. The summed E-state index contributed by atoms with van der Waals surface area (Å²) in [6.45, 7) is 2.12. The minimum absolute atomic E-state index is 0.517. The van der Waals surface area contributed by atoms with Crippen molar-refractivity contribution in [3.63, 3.8) is 0 Å². The maximum absolute atomic E-state index is 5.65. The highest BCUT2D eigenvalue weighted by atomic mass is 32.1. The Morgan fingerprint density at radius 3 is 2.95 bits per heavy atom. The third-order valence-corrected chi connectivity index (χ3v) is 3.76. The lowest BCUT2D eigenvalue weighted by Gasteiger charge is -2.07. The van der Waals surface area contributed by atoms with E-state index in [-0.39, 0.29) is 0 Å². The van der Waals surface area contributed by atoms with Gasteiger partial charge in [0.15, 0.2) is 0 Å². The fraction of sp³-hybridized carbons (Fsp3) is 0.231. The van der Waals surface area contributed by atoms with Gasteiger partial charge in [0.05, 0.1) is 19.0 Å². The number of benzene rings is 1. The second-order valence-corrected chi connectivity index (χ2v) is 5.17. The molecule has 0 bridgehead atoms. The number of fused-ring (bicyclic) bond motifs is 1. The zero-order chi connectivity index (χ0) is 13.4. The van der Waals surface area contributed by atoms with Crippen molar-refractivity contribution in [1.29, 1.82) is 0 Å². The summed E-state index contributed by atoms with van der Waals surface area (Å²) >= 11 is 1.37. The normalized spacial score (nSPS) is 11.1. The van der Waals surface area contributed by atoms with Crippen molar-refractivity contribution in [3.8, 4) is 17.0 Å². The van der Waals surface area contributed by atoms with Crippen LogP contribution in [0.5, 0.6) is 5.75 Å². The molecule has 0 unspecified atom stereocenters. The van der Waals surface area contributed by atoms with Gasteiger partial charge in [0.1, 0.15) is 5.75 Å². The summed E-state index contributed by atoms with van der Waals surface area (Å²) in [4.78, 5) is 5.34. The van der Waals surface area contributed by atoms with Crippen LogP contribution in [-0.2, 0) is 6.42 Å². The minimum Gasteiger partial charge on any atom is -0.496 e. The van der Waals surface area contributed by atoms with Gasteiger partial charge in [-0.3, -0.25) is 0 Å². The molecule has 6 heteroatoms. The number of nitrogen functional groups attached to an aromatic ring is 1. The van der Waals surface area contributed by atoms with E-state index < -0.39 is 0 Å². The molecule has 3 rings (SSSR count). The van der Waals surface area contributed by atoms with Crippen molar-refractivity contribution in [2.24, 2.45) is 0 Å². The predicted molar refractivity (Wildman–Crippen MR) is 76.6 cm³/mol. The maximum atomic E-state index is 5.65. The Morgan fingerprint density at radius 1 is 1.42 bits per heavy atom. The quantitative estimate of drug-likeness (QED) is 0.797. The molecule has 0 aliphatic rings. The highest BCUT2D eigenvalue weighted by molar-refractivity contribution is 7.20. The van der Waals surface area contributed by atoms with Gasteiger partial charge in [-0.25, -0.2) is 9.50 Å². The molecule has 2 aromatic heterocycles. The number of imidazole rings is 1. The molecule has 0 saturated heterocycles. The number of aromatic nitrogens is 3. The van der Waals surface area contributed by atoms with Crippen LogP contribution in [0.15, 0.2) is 24.4 Å². The molecule has 19 heavy (non-hydrogen) atoms. The average Bonchev–Trinajstić information content (AvgIpc) is 2.95. The lowest BCUT2D eigenvalue weighted by atomic mass is 10.1. The molecule has 0 spiro atoms. The van der Waals surface area contributed by atoms with Gasteiger partial charge in [0.2, 0.25) is 10.1 Å². The molecular formula is C13H14N4OS. The van der Waals surface area contributed by atoms with Gasteiger partial charge in [0.25, 0.3) is 0 Å². The van der Waals surface area contributed by atoms with Crippen LogP contribution in [0.3, 0.4) is 0 Å². The summed E-state index contributed by atoms with van der Waals surface area (Å²) < 4.78 is 7.11. The molecule has 98 valence electrons. The van der Waals surface area contributed by atoms with E-state index in [1.807, 2.05) is 12.3 Å². The van der Waals surface area contributed by atoms with Crippen molar-refractivity contribution in [2.45, 2.75) is 13.3 Å². The molecule has 0 saturated carbocycles. The number of anilines is 1. The van der Waals surface area contributed by atoms with Gasteiger partial charge in [-0.15, -0.1) is 5.10 Å². The summed E-state index contributed by atoms with van der Waals surface area (Å²) in [5.41, 5.74) is 8.73. The number of nitrogens with two attached hydrogens (primary N) is 1. The van der Waals surface area contributed by atoms with Gasteiger partial charge < -0.3 is 10.5 Å². The summed E-state index contributed by atoms with van der Waals surface area (Å²) in [6, 6.07) is 6.15. The molecule has 0 amide bonds. The Balaban J connectivity index is 2.15. The zero-order valence-electron chi connectivity index (χ0n) is 10.8. The first-order valence-corrected chi connectivity index (χ1v) is 6.82. The van der Waals surface area contributed by atoms with Crippen LogP contribution in [0.2, 0.25) is 0 Å². The van der Waals surface area contributed by atoms with Gasteiger partial charge in [-0.1, -0.05) is 24.3 Å². The second-order valence-electron chi connectivity index (χ2n) is 4.18. The van der Waals surface area contributed by atoms with Crippen molar-refractivity contribution < 1.29 is 4.74 Å². The summed E-state index contributed by atoms with van der Waals surface area (Å²) in [7, 11) is 1.67. The summed E-state index contributed by atoms with van der Waals surface area (Å²) in [5.74, 6) is 0.816. The first-order chi connectivity index (χ1) is 9.21. The van der Waals surface area contributed by atoms with Crippen LogP contribution < -0.4 is 10.5 Å². The van der Waals surface area contributed by atoms with Crippen molar-refractivity contribution in [1.82, 2.24) is 14.6 Å². The van der Waals surface area contributed by atoms with Gasteiger partial charge in [-0.05, 0) is 24.1 Å². The molecule has 0 aliphatic carbocycles. The number of ether oxygens (including phenoxy) is 1. The molecule has 0 radical (unpaired) electrons. The van der Waals surface area contributed by atoms with E-state index in [4.69, 9.17) is 10.5 Å². The third-order valence-electron chi connectivity index (χ3n) is 3.01. The second kappa shape index (κ2) is 4.55. The fourth-order valence-electron chi connectivity index (χ4n) is 2.02. The number of hydrogen-bond donors (Lipinski definition) is 1. The predicted octanol–water partition coefficient (Wildman–Crippen LogP) is 2.61. The molecular weight excluding hydrogens is 260 g/mol. The molecule has 0 atom stereocenters. The van der Waals surface area contributed by atoms with Crippen LogP contribution in [0.4, 0.5) is 5.13 Å². The molecule has 0 aliphatic heterocycles. The van der Waals surface area contributed by atoms with Gasteiger partial charge >= 0.3 is 0 Å². The highest BCUT2D eigenvalue weighted by Crippen LogP contribution is 2.31. The standard InChI is InChI=1S/C13H14N4OS/c1-3-8-4-5-11(18-2)9(6-8)10-7-17-13(15-10)19-12(14)16-17/h4-7H,3H2,1-2H3,(H2,14,16). The summed E-state index contributed by atoms with van der Waals surface area (Å²) in [6.07, 6.45) is 2.85. The highest BCUT2D eigenvalue weighted by Gasteiger charge is 2.12. The third kappa shape index (κ3) is 2.04. The van der Waals surface area contributed by atoms with Crippen LogP contribution >= 0.6 is 11.3 Å². The summed E-state index contributed by atoms with van der Waals surface area (Å²) in [5, 5.41) is 4.68.